The van der Waals surface area contributed by atoms with E-state index in [0.717, 1.165) is 55.9 Å². The second-order valence-corrected chi connectivity index (χ2v) is 13.3. The van der Waals surface area contributed by atoms with Crippen LogP contribution in [0.2, 0.25) is 0 Å². The number of fused-ring (bicyclic) bond motifs is 1. The number of aryl methyl sites for hydroxylation is 1. The summed E-state index contributed by atoms with van der Waals surface area (Å²) in [6.45, 7) is 6.35. The maximum Gasteiger partial charge on any atom is 0.252 e. The number of amides is 1. The minimum Gasteiger partial charge on any atom is -0.545 e. The van der Waals surface area contributed by atoms with Crippen molar-refractivity contribution in [1.29, 1.82) is 0 Å². The number of Topliss-reactive ketones (excluding diaryl/α,β-unsaturated/α-hetero) is 1. The number of ketones is 1. The Hall–Kier alpha value is -2.69. The van der Waals surface area contributed by atoms with Crippen molar-refractivity contribution in [3.8, 4) is 0 Å². The smallest absolute Gasteiger partial charge is 0.252 e. The van der Waals surface area contributed by atoms with E-state index in [9.17, 15) is 19.5 Å². The number of benzene rings is 2. The summed E-state index contributed by atoms with van der Waals surface area (Å²) in [5.74, 6) is 0.306. The molecule has 2 aliphatic rings. The third-order valence-electron chi connectivity index (χ3n) is 10.2. The standard InChI is InChI=1S/C37H53NO4/c1-4-6-8-10-26-13-15-28(16-14-26)24-33(39)30-21-12-25(3)34-31(22-23-32(35(30)34)37(41)42)36(40)38-29-19-17-27(18-20-29)11-9-7-5-2/h12,21-23,26-29H,4-11,13-20,24H2,1-3H3,(H,38,40)(H,41,42)/p-1. The van der Waals surface area contributed by atoms with Gasteiger partial charge in [0.05, 0.1) is 5.97 Å². The molecule has 0 heterocycles. The molecule has 0 spiro atoms. The molecule has 0 atom stereocenters. The van der Waals surface area contributed by atoms with Gasteiger partial charge in [0.15, 0.2) is 5.78 Å². The molecule has 0 unspecified atom stereocenters. The molecular weight excluding hydrogens is 522 g/mol. The fraction of sp³-hybridized carbons (Fsp3) is 0.649. The van der Waals surface area contributed by atoms with Crippen molar-refractivity contribution in [1.82, 2.24) is 5.32 Å². The second-order valence-electron chi connectivity index (χ2n) is 13.3. The van der Waals surface area contributed by atoms with E-state index in [-0.39, 0.29) is 23.3 Å². The van der Waals surface area contributed by atoms with Crippen molar-refractivity contribution in [2.24, 2.45) is 17.8 Å². The van der Waals surface area contributed by atoms with Crippen LogP contribution in [0.25, 0.3) is 10.8 Å². The Morgan fingerprint density at radius 2 is 1.21 bits per heavy atom. The fourth-order valence-corrected chi connectivity index (χ4v) is 7.58. The number of nitrogens with one attached hydrogen (secondary N) is 1. The molecule has 4 rings (SSSR count). The van der Waals surface area contributed by atoms with Gasteiger partial charge in [0, 0.05) is 34.5 Å². The number of aromatic carboxylic acids is 1. The lowest BCUT2D eigenvalue weighted by atomic mass is 9.77. The van der Waals surface area contributed by atoms with Gasteiger partial charge in [0.25, 0.3) is 5.91 Å². The SMILES string of the molecule is CCCCCC1CCC(CC(=O)c2ccc(C)c3c(C(=O)NC4CCC(CCCCC)CC4)ccc(C(=O)[O-])c23)CC1. The van der Waals surface area contributed by atoms with Gasteiger partial charge in [0.1, 0.15) is 0 Å². The quantitative estimate of drug-likeness (QED) is 0.181. The summed E-state index contributed by atoms with van der Waals surface area (Å²) in [5, 5.41) is 16.4. The molecule has 2 aliphatic carbocycles. The lowest BCUT2D eigenvalue weighted by molar-refractivity contribution is -0.254. The first-order valence-corrected chi connectivity index (χ1v) is 16.9. The number of carbonyl (C=O) groups is 3. The third kappa shape index (κ3) is 8.23. The number of carboxylic acids is 1. The minimum atomic E-state index is -1.32. The molecule has 42 heavy (non-hydrogen) atoms. The van der Waals surface area contributed by atoms with Crippen LogP contribution in [0.5, 0.6) is 0 Å². The topological polar surface area (TPSA) is 86.3 Å². The molecular formula is C37H52NO4-. The number of hydrogen-bond acceptors (Lipinski definition) is 4. The maximum atomic E-state index is 13.7. The van der Waals surface area contributed by atoms with E-state index in [0.29, 0.717) is 34.2 Å². The second kappa shape index (κ2) is 15.7. The third-order valence-corrected chi connectivity index (χ3v) is 10.2. The van der Waals surface area contributed by atoms with E-state index in [1.165, 1.54) is 70.3 Å². The first-order chi connectivity index (χ1) is 20.3. The van der Waals surface area contributed by atoms with Gasteiger partial charge in [0.2, 0.25) is 0 Å². The molecule has 2 aromatic carbocycles. The summed E-state index contributed by atoms with van der Waals surface area (Å²) in [7, 11) is 0. The lowest BCUT2D eigenvalue weighted by Gasteiger charge is -2.29. The van der Waals surface area contributed by atoms with E-state index in [1.807, 2.05) is 13.0 Å². The molecule has 2 saturated carbocycles. The van der Waals surface area contributed by atoms with E-state index in [4.69, 9.17) is 0 Å². The normalized spacial score (nSPS) is 22.6. The number of unbranched alkanes of at least 4 members (excludes halogenated alkanes) is 4. The summed E-state index contributed by atoms with van der Waals surface area (Å²) in [6, 6.07) is 6.79. The van der Waals surface area contributed by atoms with Gasteiger partial charge in [-0.1, -0.05) is 96.3 Å². The van der Waals surface area contributed by atoms with Crippen LogP contribution in [0.1, 0.15) is 160 Å². The average molecular weight is 575 g/mol. The molecule has 5 nitrogen and oxygen atoms in total. The molecule has 2 fully saturated rings. The molecule has 1 N–H and O–H groups in total. The molecule has 0 bridgehead atoms. The number of hydrogen-bond donors (Lipinski definition) is 1. The molecule has 1 amide bonds. The highest BCUT2D eigenvalue weighted by Gasteiger charge is 2.27. The van der Waals surface area contributed by atoms with Crippen LogP contribution in [0.3, 0.4) is 0 Å². The molecule has 0 aromatic heterocycles. The van der Waals surface area contributed by atoms with Crippen molar-refractivity contribution in [2.45, 2.75) is 136 Å². The van der Waals surface area contributed by atoms with Crippen molar-refractivity contribution in [2.75, 3.05) is 0 Å². The van der Waals surface area contributed by atoms with Crippen molar-refractivity contribution >= 4 is 28.4 Å². The van der Waals surface area contributed by atoms with Gasteiger partial charge in [-0.3, -0.25) is 9.59 Å². The molecule has 0 radical (unpaired) electrons. The highest BCUT2D eigenvalue weighted by atomic mass is 16.4. The van der Waals surface area contributed by atoms with Gasteiger partial charge in [-0.15, -0.1) is 0 Å². The van der Waals surface area contributed by atoms with E-state index >= 15 is 0 Å². The van der Waals surface area contributed by atoms with Gasteiger partial charge < -0.3 is 15.2 Å². The Bertz CT molecular complexity index is 1220. The maximum absolute atomic E-state index is 13.7. The first kappa shape index (κ1) is 32.2. The zero-order valence-corrected chi connectivity index (χ0v) is 26.3. The molecule has 5 heteroatoms. The number of carboxylic acid groups (broad SMARTS) is 1. The van der Waals surface area contributed by atoms with E-state index < -0.39 is 5.97 Å². The average Bonchev–Trinajstić information content (AvgIpc) is 2.98. The molecule has 230 valence electrons. The molecule has 2 aromatic rings. The van der Waals surface area contributed by atoms with E-state index in [1.54, 1.807) is 12.1 Å². The summed E-state index contributed by atoms with van der Waals surface area (Å²) >= 11 is 0. The number of carbonyl (C=O) groups excluding carboxylic acids is 3. The lowest BCUT2D eigenvalue weighted by Crippen LogP contribution is -2.38. The zero-order chi connectivity index (χ0) is 30.1. The summed E-state index contributed by atoms with van der Waals surface area (Å²) in [4.78, 5) is 39.6. The van der Waals surface area contributed by atoms with Crippen molar-refractivity contribution in [3.63, 3.8) is 0 Å². The highest BCUT2D eigenvalue weighted by molar-refractivity contribution is 6.20. The van der Waals surface area contributed by atoms with Gasteiger partial charge in [-0.2, -0.15) is 0 Å². The zero-order valence-electron chi connectivity index (χ0n) is 26.3. The van der Waals surface area contributed by atoms with Crippen molar-refractivity contribution < 1.29 is 19.5 Å². The summed E-state index contributed by atoms with van der Waals surface area (Å²) in [5.41, 5.74) is 1.63. The van der Waals surface area contributed by atoms with E-state index in [2.05, 4.69) is 19.2 Å². The summed E-state index contributed by atoms with van der Waals surface area (Å²) < 4.78 is 0. The molecule has 0 saturated heterocycles. The Morgan fingerprint density at radius 3 is 1.79 bits per heavy atom. The van der Waals surface area contributed by atoms with Crippen LogP contribution in [0.15, 0.2) is 24.3 Å². The van der Waals surface area contributed by atoms with Gasteiger partial charge in [-0.25, -0.2) is 0 Å². The Balaban J connectivity index is 1.49. The first-order valence-electron chi connectivity index (χ1n) is 16.9. The van der Waals surface area contributed by atoms with Crippen LogP contribution in [0.4, 0.5) is 0 Å². The van der Waals surface area contributed by atoms with Gasteiger partial charge in [-0.05, 0) is 80.2 Å². The number of rotatable bonds is 14. The summed E-state index contributed by atoms with van der Waals surface area (Å²) in [6.07, 6.45) is 19.3. The van der Waals surface area contributed by atoms with Crippen LogP contribution < -0.4 is 10.4 Å². The fourth-order valence-electron chi connectivity index (χ4n) is 7.58. The van der Waals surface area contributed by atoms with Crippen LogP contribution in [-0.4, -0.2) is 23.7 Å². The van der Waals surface area contributed by atoms with Crippen LogP contribution in [-0.2, 0) is 0 Å². The predicted octanol–water partition coefficient (Wildman–Crippen LogP) is 8.34. The Kier molecular flexibility index (Phi) is 12.0. The van der Waals surface area contributed by atoms with Crippen molar-refractivity contribution in [3.05, 3.63) is 46.5 Å². The predicted molar refractivity (Wildman–Crippen MR) is 169 cm³/mol. The van der Waals surface area contributed by atoms with Crippen LogP contribution in [0, 0.1) is 24.7 Å². The minimum absolute atomic E-state index is 0.0131. The van der Waals surface area contributed by atoms with Gasteiger partial charge >= 0.3 is 0 Å². The Labute approximate surface area is 253 Å². The highest BCUT2D eigenvalue weighted by Crippen LogP contribution is 2.36. The molecule has 0 aliphatic heterocycles. The van der Waals surface area contributed by atoms with Crippen LogP contribution >= 0.6 is 0 Å². The Morgan fingerprint density at radius 1 is 0.690 bits per heavy atom. The monoisotopic (exact) mass is 574 g/mol. The largest absolute Gasteiger partial charge is 0.545 e.